The number of amides is 1. The summed E-state index contributed by atoms with van der Waals surface area (Å²) in [6, 6.07) is 9.00. The number of carbonyl (C=O) groups is 6. The van der Waals surface area contributed by atoms with Crippen LogP contribution in [0, 0.1) is 0 Å². The summed E-state index contributed by atoms with van der Waals surface area (Å²) in [5.74, 6) is -4.64. The van der Waals surface area contributed by atoms with Crippen LogP contribution in [0.3, 0.4) is 0 Å². The summed E-state index contributed by atoms with van der Waals surface area (Å²) >= 11 is 0. The van der Waals surface area contributed by atoms with Gasteiger partial charge in [0.05, 0.1) is 6.42 Å². The number of benzene rings is 1. The van der Waals surface area contributed by atoms with E-state index in [4.69, 9.17) is 32.8 Å². The first-order chi connectivity index (χ1) is 21.3. The molecule has 1 aliphatic heterocycles. The van der Waals surface area contributed by atoms with E-state index in [1.54, 1.807) is 24.3 Å². The Bertz CT molecular complexity index is 1250. The van der Waals surface area contributed by atoms with Gasteiger partial charge in [-0.2, -0.15) is 0 Å². The van der Waals surface area contributed by atoms with E-state index in [0.29, 0.717) is 0 Å². The molecule has 1 fully saturated rings. The molecule has 46 heavy (non-hydrogen) atoms. The topological polar surface area (TPSA) is 179 Å². The maximum atomic E-state index is 13.5. The van der Waals surface area contributed by atoms with E-state index in [1.807, 2.05) is 39.9 Å². The van der Waals surface area contributed by atoms with E-state index >= 15 is 0 Å². The summed E-state index contributed by atoms with van der Waals surface area (Å²) in [5, 5.41) is 2.25. The van der Waals surface area contributed by atoms with Gasteiger partial charge in [-0.15, -0.1) is 0 Å². The minimum atomic E-state index is -2.62. The van der Waals surface area contributed by atoms with Crippen molar-refractivity contribution in [3.8, 4) is 0 Å². The van der Waals surface area contributed by atoms with Gasteiger partial charge >= 0.3 is 29.8 Å². The number of ether oxygens (including phenoxy) is 6. The Morgan fingerprint density at radius 3 is 1.87 bits per heavy atom. The summed E-state index contributed by atoms with van der Waals surface area (Å²) in [6.07, 6.45) is -8.94. The van der Waals surface area contributed by atoms with Crippen LogP contribution in [0.4, 0.5) is 0 Å². The molecule has 0 unspecified atom stereocenters. The Morgan fingerprint density at radius 1 is 0.804 bits per heavy atom. The molecule has 0 saturated carbocycles. The predicted molar refractivity (Wildman–Crippen MR) is 163 cm³/mol. The molecular formula is C31H45NO13Si. The summed E-state index contributed by atoms with van der Waals surface area (Å²) in [4.78, 5) is 74.6. The highest BCUT2D eigenvalue weighted by Gasteiger charge is 2.53. The zero-order chi connectivity index (χ0) is 34.8. The van der Waals surface area contributed by atoms with Crippen LogP contribution in [0.15, 0.2) is 30.3 Å². The van der Waals surface area contributed by atoms with Crippen LogP contribution in [0.1, 0.15) is 60.5 Å². The summed E-state index contributed by atoms with van der Waals surface area (Å²) in [7, 11) is -2.62. The van der Waals surface area contributed by atoms with Gasteiger partial charge in [0.2, 0.25) is 5.91 Å². The fourth-order valence-corrected chi connectivity index (χ4v) is 5.50. The Balaban J connectivity index is 2.40. The van der Waals surface area contributed by atoms with Crippen molar-refractivity contribution in [3.63, 3.8) is 0 Å². The lowest BCUT2D eigenvalue weighted by Gasteiger charge is -2.44. The molecule has 256 valence electrons. The molecule has 2 rings (SSSR count). The second-order valence-electron chi connectivity index (χ2n) is 12.4. The highest BCUT2D eigenvalue weighted by atomic mass is 28.4. The number of esters is 5. The van der Waals surface area contributed by atoms with E-state index in [-0.39, 0.29) is 11.6 Å². The molecule has 1 aliphatic rings. The van der Waals surface area contributed by atoms with Crippen molar-refractivity contribution in [2.45, 2.75) is 116 Å². The number of carbonyl (C=O) groups excluding carboxylic acids is 6. The average molecular weight is 668 g/mol. The second-order valence-corrected chi connectivity index (χ2v) is 17.1. The predicted octanol–water partition coefficient (Wildman–Crippen LogP) is 2.71. The van der Waals surface area contributed by atoms with Crippen molar-refractivity contribution in [2.75, 3.05) is 6.61 Å². The molecule has 1 saturated heterocycles. The third-order valence-electron chi connectivity index (χ3n) is 7.39. The SMILES string of the molecule is CC(=O)OC[C@H]1O[C@@H](NC(=O)C[C@H](O[Si](C)(C)C(C)(C)C)C(=O)OCc2ccccc2)[C@H](OC(C)=O)[C@@H](OC(C)=O)[C@@H]1OC(C)=O. The standard InChI is InChI=1S/C31H45NO13Si/c1-18(33)39-17-24-26(41-19(2)34)27(42-20(3)35)28(43-21(4)36)29(44-24)32-25(37)15-23(45-46(8,9)31(5,6)7)30(38)40-16-22-13-11-10-12-14-22/h10-14,23-24,26-29H,15-17H2,1-9H3,(H,32,37)/t23-,24+,26+,27-,28+,29+/m0/s1. The Morgan fingerprint density at radius 2 is 1.35 bits per heavy atom. The van der Waals surface area contributed by atoms with Crippen LogP contribution in [0.25, 0.3) is 0 Å². The molecule has 0 aromatic heterocycles. The fraction of sp³-hybridized carbons (Fsp3) is 0.613. The van der Waals surface area contributed by atoms with Crippen molar-refractivity contribution >= 4 is 44.1 Å². The molecule has 1 aromatic rings. The number of hydrogen-bond donors (Lipinski definition) is 1. The van der Waals surface area contributed by atoms with E-state index in [9.17, 15) is 28.8 Å². The highest BCUT2D eigenvalue weighted by Crippen LogP contribution is 2.38. The molecule has 0 radical (unpaired) electrons. The Kier molecular flexibility index (Phi) is 13.9. The number of rotatable bonds is 13. The fourth-order valence-electron chi connectivity index (χ4n) is 4.26. The van der Waals surface area contributed by atoms with Gasteiger partial charge in [0.1, 0.15) is 19.3 Å². The minimum Gasteiger partial charge on any atom is -0.463 e. The van der Waals surface area contributed by atoms with Crippen LogP contribution in [0.2, 0.25) is 18.1 Å². The van der Waals surface area contributed by atoms with E-state index in [2.05, 4.69) is 5.32 Å². The first-order valence-electron chi connectivity index (χ1n) is 14.8. The Labute approximate surface area is 269 Å². The lowest BCUT2D eigenvalue weighted by molar-refractivity contribution is -0.257. The smallest absolute Gasteiger partial charge is 0.334 e. The molecule has 0 aliphatic carbocycles. The van der Waals surface area contributed by atoms with Gasteiger partial charge in [-0.1, -0.05) is 51.1 Å². The van der Waals surface area contributed by atoms with Crippen LogP contribution in [-0.2, 0) is 68.2 Å². The van der Waals surface area contributed by atoms with Crippen molar-refractivity contribution in [1.82, 2.24) is 5.32 Å². The van der Waals surface area contributed by atoms with Gasteiger partial charge in [-0.05, 0) is 23.7 Å². The molecular weight excluding hydrogens is 622 g/mol. The maximum Gasteiger partial charge on any atom is 0.334 e. The average Bonchev–Trinajstić information content (AvgIpc) is 2.92. The van der Waals surface area contributed by atoms with Gasteiger partial charge in [-0.25, -0.2) is 4.79 Å². The molecule has 15 heteroatoms. The van der Waals surface area contributed by atoms with Gasteiger partial charge in [0, 0.05) is 27.7 Å². The summed E-state index contributed by atoms with van der Waals surface area (Å²) < 4.78 is 39.0. The second kappa shape index (κ2) is 16.7. The lowest BCUT2D eigenvalue weighted by Crippen LogP contribution is -2.66. The molecule has 1 heterocycles. The first-order valence-corrected chi connectivity index (χ1v) is 17.7. The minimum absolute atomic E-state index is 0.0433. The molecule has 14 nitrogen and oxygen atoms in total. The summed E-state index contributed by atoms with van der Waals surface area (Å²) in [5.41, 5.74) is 0.740. The van der Waals surface area contributed by atoms with Gasteiger partial charge in [0.15, 0.2) is 39.0 Å². The molecule has 0 spiro atoms. The van der Waals surface area contributed by atoms with Gasteiger partial charge in [0.25, 0.3) is 0 Å². The zero-order valence-electron chi connectivity index (χ0n) is 27.8. The maximum absolute atomic E-state index is 13.5. The monoisotopic (exact) mass is 667 g/mol. The number of hydrogen-bond acceptors (Lipinski definition) is 13. The van der Waals surface area contributed by atoms with Crippen molar-refractivity contribution < 1.29 is 61.6 Å². The molecule has 1 N–H and O–H groups in total. The third kappa shape index (κ3) is 11.8. The molecule has 1 amide bonds. The summed E-state index contributed by atoms with van der Waals surface area (Å²) in [6.45, 7) is 13.7. The van der Waals surface area contributed by atoms with Crippen LogP contribution in [-0.4, -0.2) is 87.4 Å². The lowest BCUT2D eigenvalue weighted by atomic mass is 9.97. The molecule has 6 atom stereocenters. The Hall–Kier alpha value is -3.82. The van der Waals surface area contributed by atoms with Gasteiger partial charge < -0.3 is 38.2 Å². The normalized spacial score (nSPS) is 22.1. The molecule has 0 bridgehead atoms. The van der Waals surface area contributed by atoms with E-state index in [1.165, 1.54) is 0 Å². The van der Waals surface area contributed by atoms with Crippen molar-refractivity contribution in [1.29, 1.82) is 0 Å². The van der Waals surface area contributed by atoms with Crippen LogP contribution >= 0.6 is 0 Å². The van der Waals surface area contributed by atoms with E-state index in [0.717, 1.165) is 33.3 Å². The third-order valence-corrected chi connectivity index (χ3v) is 11.9. The largest absolute Gasteiger partial charge is 0.463 e. The first kappa shape index (κ1) is 38.4. The highest BCUT2D eigenvalue weighted by molar-refractivity contribution is 6.74. The molecule has 1 aromatic carbocycles. The number of nitrogens with one attached hydrogen (secondary N) is 1. The van der Waals surface area contributed by atoms with Crippen LogP contribution < -0.4 is 5.32 Å². The quantitative estimate of drug-likeness (QED) is 0.185. The van der Waals surface area contributed by atoms with Crippen molar-refractivity contribution in [3.05, 3.63) is 35.9 Å². The van der Waals surface area contributed by atoms with Crippen molar-refractivity contribution in [2.24, 2.45) is 0 Å². The van der Waals surface area contributed by atoms with Crippen LogP contribution in [0.5, 0.6) is 0 Å². The zero-order valence-corrected chi connectivity index (χ0v) is 28.8. The van der Waals surface area contributed by atoms with Gasteiger partial charge in [-0.3, -0.25) is 24.0 Å². The van der Waals surface area contributed by atoms with E-state index < -0.39 is 93.8 Å².